The Balaban J connectivity index is 1.38. The summed E-state index contributed by atoms with van der Waals surface area (Å²) in [6.45, 7) is 3.08. The zero-order valence-corrected chi connectivity index (χ0v) is 15.4. The Hall–Kier alpha value is -1.51. The summed E-state index contributed by atoms with van der Waals surface area (Å²) in [5.41, 5.74) is -0.533. The van der Waals surface area contributed by atoms with Gasteiger partial charge >= 0.3 is 0 Å². The molecule has 8 heteroatoms. The van der Waals surface area contributed by atoms with Crippen molar-refractivity contribution in [3.05, 3.63) is 35.6 Å². The molecule has 3 aliphatic heterocycles. The number of amides is 1. The van der Waals surface area contributed by atoms with Crippen LogP contribution in [-0.4, -0.2) is 80.1 Å². The van der Waals surface area contributed by atoms with Gasteiger partial charge in [-0.25, -0.2) is 12.8 Å². The first-order valence-corrected chi connectivity index (χ1v) is 10.7. The monoisotopic (exact) mass is 382 g/mol. The van der Waals surface area contributed by atoms with Crippen molar-refractivity contribution in [3.8, 4) is 0 Å². The van der Waals surface area contributed by atoms with Gasteiger partial charge < -0.3 is 14.5 Å². The summed E-state index contributed by atoms with van der Waals surface area (Å²) in [5, 5.41) is -0.487. The van der Waals surface area contributed by atoms with Gasteiger partial charge in [-0.15, -0.1) is 0 Å². The maximum Gasteiger partial charge on any atom is 0.254 e. The number of nitrogens with zero attached hydrogens (tertiary/aromatic N) is 2. The van der Waals surface area contributed by atoms with Gasteiger partial charge in [0.05, 0.1) is 30.7 Å². The molecule has 0 bridgehead atoms. The van der Waals surface area contributed by atoms with E-state index in [1.54, 1.807) is 6.07 Å². The quantitative estimate of drug-likeness (QED) is 0.778. The summed E-state index contributed by atoms with van der Waals surface area (Å²) in [7, 11) is -3.26. The van der Waals surface area contributed by atoms with Crippen molar-refractivity contribution < 1.29 is 22.3 Å². The molecular weight excluding hydrogens is 359 g/mol. The van der Waals surface area contributed by atoms with E-state index in [9.17, 15) is 17.6 Å². The highest BCUT2D eigenvalue weighted by molar-refractivity contribution is 7.92. The summed E-state index contributed by atoms with van der Waals surface area (Å²) >= 11 is 0. The van der Waals surface area contributed by atoms with E-state index in [1.165, 1.54) is 23.1 Å². The van der Waals surface area contributed by atoms with Crippen LogP contribution < -0.4 is 0 Å². The Morgan fingerprint density at radius 1 is 1.27 bits per heavy atom. The molecule has 3 aliphatic rings. The second-order valence-corrected chi connectivity index (χ2v) is 9.88. The standard InChI is InChI=1S/C18H23FN2O4S/c19-15-5-3-4-14(8-15)17(22)21-11-18(12-21)13-26(23,24)16(10-25-18)9-20-6-1-2-7-20/h3-5,8,16H,1-2,6-7,9-13H2/t16-/m0/s1. The first-order valence-electron chi connectivity index (χ1n) is 9.00. The summed E-state index contributed by atoms with van der Waals surface area (Å²) in [4.78, 5) is 16.1. The third-order valence-corrected chi connectivity index (χ3v) is 7.75. The SMILES string of the molecule is O=C(c1cccc(F)c1)N1CC2(C1)CS(=O)(=O)[C@@H](CN1CCCC1)CO2. The summed E-state index contributed by atoms with van der Waals surface area (Å²) in [6.07, 6.45) is 2.24. The van der Waals surface area contributed by atoms with Crippen LogP contribution in [0.15, 0.2) is 24.3 Å². The minimum absolute atomic E-state index is 0.0502. The van der Waals surface area contributed by atoms with Crippen molar-refractivity contribution in [2.75, 3.05) is 45.1 Å². The molecule has 1 atom stereocenters. The lowest BCUT2D eigenvalue weighted by Gasteiger charge is -2.52. The van der Waals surface area contributed by atoms with Crippen molar-refractivity contribution in [2.24, 2.45) is 0 Å². The molecular formula is C18H23FN2O4S. The lowest BCUT2D eigenvalue weighted by Crippen LogP contribution is -2.71. The van der Waals surface area contributed by atoms with Crippen molar-refractivity contribution >= 4 is 15.7 Å². The van der Waals surface area contributed by atoms with E-state index >= 15 is 0 Å². The fourth-order valence-corrected chi connectivity index (χ4v) is 6.05. The minimum Gasteiger partial charge on any atom is -0.369 e. The number of sulfone groups is 1. The molecule has 0 aliphatic carbocycles. The second kappa shape index (κ2) is 6.58. The molecule has 0 radical (unpaired) electrons. The average molecular weight is 382 g/mol. The molecule has 0 saturated carbocycles. The number of benzene rings is 1. The van der Waals surface area contributed by atoms with Crippen LogP contribution in [0.5, 0.6) is 0 Å². The highest BCUT2D eigenvalue weighted by atomic mass is 32.2. The van der Waals surface area contributed by atoms with E-state index in [0.29, 0.717) is 6.54 Å². The Labute approximate surface area is 152 Å². The molecule has 0 unspecified atom stereocenters. The molecule has 1 spiro atoms. The molecule has 0 aromatic heterocycles. The number of carbonyl (C=O) groups excluding carboxylic acids is 1. The average Bonchev–Trinajstić information content (AvgIpc) is 3.07. The fourth-order valence-electron chi connectivity index (χ4n) is 4.10. The lowest BCUT2D eigenvalue weighted by molar-refractivity contribution is -0.121. The molecule has 1 aromatic carbocycles. The molecule has 0 N–H and O–H groups in total. The van der Waals surface area contributed by atoms with E-state index < -0.39 is 26.5 Å². The third-order valence-electron chi connectivity index (χ3n) is 5.52. The number of halogens is 1. The molecule has 3 fully saturated rings. The predicted molar refractivity (Wildman–Crippen MR) is 94.2 cm³/mol. The Morgan fingerprint density at radius 3 is 2.65 bits per heavy atom. The first kappa shape index (κ1) is 17.9. The van der Waals surface area contributed by atoms with E-state index in [4.69, 9.17) is 4.74 Å². The molecule has 3 saturated heterocycles. The van der Waals surface area contributed by atoms with Crippen LogP contribution in [0, 0.1) is 5.82 Å². The van der Waals surface area contributed by atoms with E-state index in [1.807, 2.05) is 0 Å². The van der Waals surface area contributed by atoms with Crippen molar-refractivity contribution in [1.29, 1.82) is 0 Å². The van der Waals surface area contributed by atoms with Gasteiger partial charge in [-0.2, -0.15) is 0 Å². The van der Waals surface area contributed by atoms with Crippen LogP contribution in [0.3, 0.4) is 0 Å². The van der Waals surface area contributed by atoms with Crippen LogP contribution >= 0.6 is 0 Å². The molecule has 26 heavy (non-hydrogen) atoms. The van der Waals surface area contributed by atoms with Crippen LogP contribution in [0.4, 0.5) is 4.39 Å². The Bertz CT molecular complexity index is 801. The minimum atomic E-state index is -3.26. The fraction of sp³-hybridized carbons (Fsp3) is 0.611. The van der Waals surface area contributed by atoms with Gasteiger partial charge in [0.15, 0.2) is 9.84 Å². The van der Waals surface area contributed by atoms with Crippen molar-refractivity contribution in [1.82, 2.24) is 9.80 Å². The molecule has 3 heterocycles. The van der Waals surface area contributed by atoms with Crippen LogP contribution in [0.1, 0.15) is 23.2 Å². The molecule has 142 valence electrons. The maximum atomic E-state index is 13.3. The van der Waals surface area contributed by atoms with Gasteiger partial charge in [0, 0.05) is 12.1 Å². The number of ether oxygens (including phenoxy) is 1. The van der Waals surface area contributed by atoms with Gasteiger partial charge in [0.25, 0.3) is 5.91 Å². The maximum absolute atomic E-state index is 13.3. The topological polar surface area (TPSA) is 66.9 Å². The molecule has 6 nitrogen and oxygen atoms in total. The number of hydrogen-bond donors (Lipinski definition) is 0. The smallest absolute Gasteiger partial charge is 0.254 e. The van der Waals surface area contributed by atoms with Gasteiger partial charge in [-0.1, -0.05) is 6.07 Å². The van der Waals surface area contributed by atoms with E-state index in [0.717, 1.165) is 25.9 Å². The van der Waals surface area contributed by atoms with Crippen molar-refractivity contribution in [3.63, 3.8) is 0 Å². The van der Waals surface area contributed by atoms with Gasteiger partial charge in [0.2, 0.25) is 0 Å². The zero-order valence-electron chi connectivity index (χ0n) is 14.6. The molecule has 4 rings (SSSR count). The summed E-state index contributed by atoms with van der Waals surface area (Å²) < 4.78 is 44.6. The van der Waals surface area contributed by atoms with Gasteiger partial charge in [-0.05, 0) is 44.1 Å². The van der Waals surface area contributed by atoms with Gasteiger partial charge in [-0.3, -0.25) is 4.79 Å². The van der Waals surface area contributed by atoms with Crippen LogP contribution in [-0.2, 0) is 14.6 Å². The second-order valence-electron chi connectivity index (χ2n) is 7.60. The zero-order chi connectivity index (χ0) is 18.4. The number of rotatable bonds is 3. The number of likely N-dealkylation sites (tertiary alicyclic amines) is 2. The van der Waals surface area contributed by atoms with E-state index in [-0.39, 0.29) is 36.9 Å². The lowest BCUT2D eigenvalue weighted by atomic mass is 9.94. The van der Waals surface area contributed by atoms with Crippen LogP contribution in [0.2, 0.25) is 0 Å². The Morgan fingerprint density at radius 2 is 2.00 bits per heavy atom. The normalized spacial score (nSPS) is 27.4. The third kappa shape index (κ3) is 3.37. The summed E-state index contributed by atoms with van der Waals surface area (Å²) in [5.74, 6) is -0.812. The number of carbonyl (C=O) groups is 1. The molecule has 1 amide bonds. The summed E-state index contributed by atoms with van der Waals surface area (Å²) in [6, 6.07) is 5.52. The molecule has 1 aromatic rings. The van der Waals surface area contributed by atoms with E-state index in [2.05, 4.69) is 4.90 Å². The Kier molecular flexibility index (Phi) is 4.53. The highest BCUT2D eigenvalue weighted by Gasteiger charge is 2.54. The predicted octanol–water partition coefficient (Wildman–Crippen LogP) is 0.930. The van der Waals surface area contributed by atoms with Gasteiger partial charge in [0.1, 0.15) is 11.4 Å². The number of hydrogen-bond acceptors (Lipinski definition) is 5. The largest absolute Gasteiger partial charge is 0.369 e. The highest BCUT2D eigenvalue weighted by Crippen LogP contribution is 2.34. The van der Waals surface area contributed by atoms with Crippen LogP contribution in [0.25, 0.3) is 0 Å². The first-order chi connectivity index (χ1) is 12.4. The van der Waals surface area contributed by atoms with Crippen molar-refractivity contribution in [2.45, 2.75) is 23.7 Å².